The number of ether oxygens (including phenoxy) is 1. The molecule has 5 heteroatoms. The zero-order chi connectivity index (χ0) is 17.8. The van der Waals surface area contributed by atoms with Gasteiger partial charge in [0.15, 0.2) is 5.69 Å². The first-order valence-corrected chi connectivity index (χ1v) is 8.08. The van der Waals surface area contributed by atoms with E-state index in [1.54, 1.807) is 0 Å². The monoisotopic (exact) mass is 338 g/mol. The average Bonchev–Trinajstić information content (AvgIpc) is 3.18. The molecule has 0 bridgehead atoms. The van der Waals surface area contributed by atoms with Crippen LogP contribution in [0.15, 0.2) is 78.9 Å². The molecular weight excluding hydrogens is 324 g/mol. The summed E-state index contributed by atoms with van der Waals surface area (Å²) in [5, 5.41) is 19.4. The third-order valence-corrected chi connectivity index (χ3v) is 3.98. The molecule has 124 valence electrons. The fraction of sp³-hybridized carbons (Fsp3) is 0. The second-order valence-corrected chi connectivity index (χ2v) is 5.65. The van der Waals surface area contributed by atoms with Gasteiger partial charge >= 0.3 is 0 Å². The molecule has 0 aliphatic carbocycles. The summed E-state index contributed by atoms with van der Waals surface area (Å²) in [4.78, 5) is 0. The van der Waals surface area contributed by atoms with E-state index in [1.165, 1.54) is 0 Å². The van der Waals surface area contributed by atoms with Gasteiger partial charge in [-0.15, -0.1) is 5.10 Å². The number of hydrogen-bond acceptors (Lipinski definition) is 4. The van der Waals surface area contributed by atoms with Crippen molar-refractivity contribution in [3.05, 3.63) is 84.6 Å². The summed E-state index contributed by atoms with van der Waals surface area (Å²) >= 11 is 0. The Hall–Kier alpha value is -3.91. The molecule has 26 heavy (non-hydrogen) atoms. The molecule has 3 aromatic carbocycles. The van der Waals surface area contributed by atoms with Crippen molar-refractivity contribution in [2.24, 2.45) is 0 Å². The summed E-state index contributed by atoms with van der Waals surface area (Å²) in [7, 11) is 0. The largest absolute Gasteiger partial charge is 0.457 e. The van der Waals surface area contributed by atoms with Crippen molar-refractivity contribution in [1.29, 1.82) is 5.26 Å². The molecule has 1 N–H and O–H groups in total. The van der Waals surface area contributed by atoms with Gasteiger partial charge in [-0.05, 0) is 35.4 Å². The normalized spacial score (nSPS) is 10.3. The maximum atomic E-state index is 9.05. The Bertz CT molecular complexity index is 1050. The molecule has 0 saturated heterocycles. The van der Waals surface area contributed by atoms with Crippen LogP contribution in [0.2, 0.25) is 0 Å². The number of H-pyrrole nitrogens is 1. The zero-order valence-electron chi connectivity index (χ0n) is 13.8. The van der Waals surface area contributed by atoms with E-state index >= 15 is 0 Å². The molecule has 4 rings (SSSR count). The maximum absolute atomic E-state index is 9.05. The third-order valence-electron chi connectivity index (χ3n) is 3.98. The molecule has 0 amide bonds. The highest BCUT2D eigenvalue weighted by atomic mass is 16.5. The van der Waals surface area contributed by atoms with Crippen LogP contribution in [0.4, 0.5) is 0 Å². The minimum atomic E-state index is 0.292. The minimum absolute atomic E-state index is 0.292. The highest BCUT2D eigenvalue weighted by Crippen LogP contribution is 2.27. The Morgan fingerprint density at radius 1 is 0.692 bits per heavy atom. The molecule has 1 heterocycles. The lowest BCUT2D eigenvalue weighted by atomic mass is 10.0. The number of nitrogens with zero attached hydrogens (tertiary/aromatic N) is 3. The first-order valence-electron chi connectivity index (χ1n) is 8.08. The summed E-state index contributed by atoms with van der Waals surface area (Å²) in [5.74, 6) is 1.60. The molecule has 0 spiro atoms. The lowest BCUT2D eigenvalue weighted by Gasteiger charge is -2.07. The van der Waals surface area contributed by atoms with E-state index in [0.29, 0.717) is 11.4 Å². The fourth-order valence-electron chi connectivity index (χ4n) is 2.67. The van der Waals surface area contributed by atoms with Gasteiger partial charge in [-0.1, -0.05) is 54.6 Å². The Balaban J connectivity index is 1.54. The zero-order valence-corrected chi connectivity index (χ0v) is 13.8. The fourth-order valence-corrected chi connectivity index (χ4v) is 2.67. The Labute approximate surface area is 150 Å². The summed E-state index contributed by atoms with van der Waals surface area (Å²) in [6, 6.07) is 27.5. The molecule has 0 radical (unpaired) electrons. The molecule has 0 unspecified atom stereocenters. The molecule has 5 nitrogen and oxygen atoms in total. The first kappa shape index (κ1) is 15.6. The summed E-state index contributed by atoms with van der Waals surface area (Å²) in [5.41, 5.74) is 3.86. The molecule has 0 atom stereocenters. The molecular formula is C21H14N4O. The standard InChI is InChI=1S/C21H14N4O/c22-14-20-21(24-25-23-20)17-8-6-15(7-9-17)16-10-12-19(13-11-16)26-18-4-2-1-3-5-18/h1-13H,(H,23,24,25). The van der Waals surface area contributed by atoms with Crippen molar-refractivity contribution < 1.29 is 4.74 Å². The van der Waals surface area contributed by atoms with Gasteiger partial charge in [0.2, 0.25) is 0 Å². The Kier molecular flexibility index (Phi) is 4.15. The smallest absolute Gasteiger partial charge is 0.190 e. The SMILES string of the molecule is N#Cc1n[nH]nc1-c1ccc(-c2ccc(Oc3ccccc3)cc2)cc1. The summed E-state index contributed by atoms with van der Waals surface area (Å²) in [6.45, 7) is 0. The highest BCUT2D eigenvalue weighted by Gasteiger charge is 2.09. The number of aromatic amines is 1. The van der Waals surface area contributed by atoms with Gasteiger partial charge in [-0.2, -0.15) is 15.6 Å². The third kappa shape index (κ3) is 3.17. The van der Waals surface area contributed by atoms with Crippen molar-refractivity contribution in [2.45, 2.75) is 0 Å². The van der Waals surface area contributed by atoms with Gasteiger partial charge in [-0.3, -0.25) is 0 Å². The van der Waals surface area contributed by atoms with Crippen LogP contribution in [-0.2, 0) is 0 Å². The molecule has 0 saturated carbocycles. The molecule has 1 aromatic heterocycles. The van der Waals surface area contributed by atoms with E-state index in [1.807, 2.05) is 84.9 Å². The quantitative estimate of drug-likeness (QED) is 0.580. The van der Waals surface area contributed by atoms with Gasteiger partial charge in [0, 0.05) is 5.56 Å². The van der Waals surface area contributed by atoms with Crippen molar-refractivity contribution >= 4 is 0 Å². The predicted octanol–water partition coefficient (Wildman–Crippen LogP) is 4.80. The van der Waals surface area contributed by atoms with E-state index < -0.39 is 0 Å². The predicted molar refractivity (Wildman–Crippen MR) is 98.5 cm³/mol. The number of nitrogens with one attached hydrogen (secondary N) is 1. The minimum Gasteiger partial charge on any atom is -0.457 e. The summed E-state index contributed by atoms with van der Waals surface area (Å²) < 4.78 is 5.81. The van der Waals surface area contributed by atoms with Crippen LogP contribution in [-0.4, -0.2) is 15.4 Å². The van der Waals surface area contributed by atoms with Crippen LogP contribution < -0.4 is 4.74 Å². The van der Waals surface area contributed by atoms with Gasteiger partial charge < -0.3 is 4.74 Å². The number of hydrogen-bond donors (Lipinski definition) is 1. The van der Waals surface area contributed by atoms with Crippen molar-refractivity contribution in [1.82, 2.24) is 15.4 Å². The second kappa shape index (κ2) is 6.91. The number of aromatic nitrogens is 3. The van der Waals surface area contributed by atoms with Gasteiger partial charge in [0.25, 0.3) is 0 Å². The van der Waals surface area contributed by atoms with E-state index in [9.17, 15) is 0 Å². The summed E-state index contributed by atoms with van der Waals surface area (Å²) in [6.07, 6.45) is 0. The van der Waals surface area contributed by atoms with Gasteiger partial charge in [0.1, 0.15) is 23.3 Å². The van der Waals surface area contributed by atoms with Gasteiger partial charge in [0.05, 0.1) is 0 Å². The van der Waals surface area contributed by atoms with Crippen molar-refractivity contribution in [3.63, 3.8) is 0 Å². The van der Waals surface area contributed by atoms with Crippen LogP contribution in [0.5, 0.6) is 11.5 Å². The Morgan fingerprint density at radius 2 is 1.27 bits per heavy atom. The van der Waals surface area contributed by atoms with E-state index in [4.69, 9.17) is 10.00 Å². The highest BCUT2D eigenvalue weighted by molar-refractivity contribution is 5.70. The lowest BCUT2D eigenvalue weighted by Crippen LogP contribution is -1.85. The average molecular weight is 338 g/mol. The number of para-hydroxylation sites is 1. The maximum Gasteiger partial charge on any atom is 0.190 e. The number of rotatable bonds is 4. The van der Waals surface area contributed by atoms with E-state index in [-0.39, 0.29) is 0 Å². The second-order valence-electron chi connectivity index (χ2n) is 5.65. The van der Waals surface area contributed by atoms with Crippen molar-refractivity contribution in [2.75, 3.05) is 0 Å². The Morgan fingerprint density at radius 3 is 1.92 bits per heavy atom. The number of nitriles is 1. The number of benzene rings is 3. The van der Waals surface area contributed by atoms with Crippen LogP contribution in [0.25, 0.3) is 22.4 Å². The molecule has 4 aromatic rings. The van der Waals surface area contributed by atoms with Crippen LogP contribution in [0.1, 0.15) is 5.69 Å². The first-order chi connectivity index (χ1) is 12.8. The molecule has 0 aliphatic rings. The molecule has 0 fully saturated rings. The lowest BCUT2D eigenvalue weighted by molar-refractivity contribution is 0.483. The van der Waals surface area contributed by atoms with E-state index in [0.717, 1.165) is 28.2 Å². The van der Waals surface area contributed by atoms with Crippen LogP contribution >= 0.6 is 0 Å². The van der Waals surface area contributed by atoms with Crippen LogP contribution in [0.3, 0.4) is 0 Å². The van der Waals surface area contributed by atoms with E-state index in [2.05, 4.69) is 15.4 Å². The topological polar surface area (TPSA) is 74.6 Å². The molecule has 0 aliphatic heterocycles. The van der Waals surface area contributed by atoms with Crippen LogP contribution in [0, 0.1) is 11.3 Å². The van der Waals surface area contributed by atoms with Gasteiger partial charge in [-0.25, -0.2) is 0 Å². The van der Waals surface area contributed by atoms with Crippen molar-refractivity contribution in [3.8, 4) is 40.0 Å².